The molecule has 0 unspecified atom stereocenters. The molecule has 0 saturated heterocycles. The molecule has 0 saturated carbocycles. The highest BCUT2D eigenvalue weighted by atomic mass is 16.2. The Morgan fingerprint density at radius 3 is 1.96 bits per heavy atom. The van der Waals surface area contributed by atoms with Crippen molar-refractivity contribution in [1.29, 1.82) is 0 Å². The fourth-order valence-electron chi connectivity index (χ4n) is 2.64. The van der Waals surface area contributed by atoms with E-state index in [1.165, 1.54) is 12.0 Å². The standard InChI is InChI=1S/C18H29NO.C3H8/c1-6-9-16(10-7-2)19(18(20)14(3)4)17-12-8-11-15(5)13-17;1-3-2/h8,11-14,16H,6-7,9-10H2,1-5H3;3H2,1-2H3. The number of benzene rings is 1. The quantitative estimate of drug-likeness (QED) is 0.572. The molecule has 1 rings (SSSR count). The summed E-state index contributed by atoms with van der Waals surface area (Å²) in [7, 11) is 0. The Labute approximate surface area is 144 Å². The van der Waals surface area contributed by atoms with Gasteiger partial charge in [-0.05, 0) is 37.5 Å². The number of carbonyl (C=O) groups is 1. The van der Waals surface area contributed by atoms with Crippen molar-refractivity contribution in [1.82, 2.24) is 0 Å². The SMILES string of the molecule is CCC.CCCC(CCC)N(C(=O)C(C)C)c1cccc(C)c1. The van der Waals surface area contributed by atoms with Crippen molar-refractivity contribution in [3.05, 3.63) is 29.8 Å². The molecule has 1 amide bonds. The molecule has 0 spiro atoms. The number of nitrogens with zero attached hydrogens (tertiary/aromatic N) is 1. The van der Waals surface area contributed by atoms with Crippen LogP contribution < -0.4 is 4.90 Å². The van der Waals surface area contributed by atoms with Gasteiger partial charge in [-0.2, -0.15) is 0 Å². The lowest BCUT2D eigenvalue weighted by Crippen LogP contribution is -2.42. The van der Waals surface area contributed by atoms with Gasteiger partial charge in [0, 0.05) is 17.6 Å². The molecule has 0 aromatic heterocycles. The molecule has 1 aromatic carbocycles. The van der Waals surface area contributed by atoms with E-state index < -0.39 is 0 Å². The summed E-state index contributed by atoms with van der Waals surface area (Å²) in [5.41, 5.74) is 2.26. The minimum Gasteiger partial charge on any atom is -0.309 e. The fourth-order valence-corrected chi connectivity index (χ4v) is 2.64. The summed E-state index contributed by atoms with van der Waals surface area (Å²) in [4.78, 5) is 14.7. The maximum absolute atomic E-state index is 12.7. The lowest BCUT2D eigenvalue weighted by Gasteiger charge is -2.33. The molecule has 0 aliphatic heterocycles. The van der Waals surface area contributed by atoms with Gasteiger partial charge in [0.15, 0.2) is 0 Å². The van der Waals surface area contributed by atoms with Crippen molar-refractivity contribution in [2.45, 2.75) is 86.6 Å². The molecule has 1 aromatic rings. The highest BCUT2D eigenvalue weighted by Crippen LogP contribution is 2.25. The Bertz CT molecular complexity index is 433. The molecule has 0 fully saturated rings. The smallest absolute Gasteiger partial charge is 0.229 e. The van der Waals surface area contributed by atoms with Crippen molar-refractivity contribution >= 4 is 11.6 Å². The predicted molar refractivity (Wildman–Crippen MR) is 103 cm³/mol. The topological polar surface area (TPSA) is 20.3 Å². The van der Waals surface area contributed by atoms with E-state index in [-0.39, 0.29) is 11.8 Å². The van der Waals surface area contributed by atoms with Gasteiger partial charge in [0.25, 0.3) is 0 Å². The van der Waals surface area contributed by atoms with E-state index in [1.54, 1.807) is 0 Å². The van der Waals surface area contributed by atoms with E-state index in [4.69, 9.17) is 0 Å². The first-order valence-corrected chi connectivity index (χ1v) is 9.32. The highest BCUT2D eigenvalue weighted by molar-refractivity contribution is 5.95. The highest BCUT2D eigenvalue weighted by Gasteiger charge is 2.26. The van der Waals surface area contributed by atoms with Crippen LogP contribution in [0.4, 0.5) is 5.69 Å². The van der Waals surface area contributed by atoms with Crippen molar-refractivity contribution in [2.24, 2.45) is 5.92 Å². The van der Waals surface area contributed by atoms with Crippen LogP contribution >= 0.6 is 0 Å². The van der Waals surface area contributed by atoms with Gasteiger partial charge in [0.05, 0.1) is 0 Å². The molecule has 23 heavy (non-hydrogen) atoms. The molecule has 0 heterocycles. The van der Waals surface area contributed by atoms with Crippen molar-refractivity contribution < 1.29 is 4.79 Å². The third-order valence-electron chi connectivity index (χ3n) is 3.62. The molecular weight excluding hydrogens is 282 g/mol. The summed E-state index contributed by atoms with van der Waals surface area (Å²) in [5.74, 6) is 0.272. The summed E-state index contributed by atoms with van der Waals surface area (Å²) in [6, 6.07) is 8.63. The van der Waals surface area contributed by atoms with Gasteiger partial charge in [-0.15, -0.1) is 0 Å². The minimum atomic E-state index is 0.0340. The summed E-state index contributed by atoms with van der Waals surface area (Å²) < 4.78 is 0. The maximum Gasteiger partial charge on any atom is 0.229 e. The number of hydrogen-bond acceptors (Lipinski definition) is 1. The molecule has 0 radical (unpaired) electrons. The van der Waals surface area contributed by atoms with Crippen LogP contribution in [-0.4, -0.2) is 11.9 Å². The largest absolute Gasteiger partial charge is 0.309 e. The molecular formula is C21H37NO. The van der Waals surface area contributed by atoms with Crippen LogP contribution in [0.15, 0.2) is 24.3 Å². The molecule has 0 aliphatic rings. The van der Waals surface area contributed by atoms with Gasteiger partial charge in [-0.3, -0.25) is 4.79 Å². The lowest BCUT2D eigenvalue weighted by molar-refractivity contribution is -0.122. The first-order chi connectivity index (χ1) is 10.9. The summed E-state index contributed by atoms with van der Waals surface area (Å²) >= 11 is 0. The van der Waals surface area contributed by atoms with Gasteiger partial charge in [0.1, 0.15) is 0 Å². The van der Waals surface area contributed by atoms with Crippen LogP contribution in [0.25, 0.3) is 0 Å². The Morgan fingerprint density at radius 1 is 1.04 bits per heavy atom. The first kappa shape index (κ1) is 21.7. The van der Waals surface area contributed by atoms with Gasteiger partial charge >= 0.3 is 0 Å². The molecule has 0 atom stereocenters. The van der Waals surface area contributed by atoms with E-state index >= 15 is 0 Å². The van der Waals surface area contributed by atoms with E-state index in [2.05, 4.69) is 52.8 Å². The number of anilines is 1. The lowest BCUT2D eigenvalue weighted by atomic mass is 10.0. The molecule has 0 bridgehead atoms. The monoisotopic (exact) mass is 319 g/mol. The van der Waals surface area contributed by atoms with Crippen molar-refractivity contribution in [3.63, 3.8) is 0 Å². The fraction of sp³-hybridized carbons (Fsp3) is 0.667. The Hall–Kier alpha value is -1.31. The van der Waals surface area contributed by atoms with E-state index in [0.29, 0.717) is 6.04 Å². The normalized spacial score (nSPS) is 10.5. The number of hydrogen-bond donors (Lipinski definition) is 0. The minimum absolute atomic E-state index is 0.0340. The summed E-state index contributed by atoms with van der Waals surface area (Å²) in [6.45, 7) is 14.7. The second-order valence-corrected chi connectivity index (χ2v) is 6.64. The number of carbonyl (C=O) groups excluding carboxylic acids is 1. The third-order valence-corrected chi connectivity index (χ3v) is 3.62. The predicted octanol–water partition coefficient (Wildman–Crippen LogP) is 6.37. The average Bonchev–Trinajstić information content (AvgIpc) is 2.48. The van der Waals surface area contributed by atoms with Gasteiger partial charge in [-0.25, -0.2) is 0 Å². The van der Waals surface area contributed by atoms with Crippen LogP contribution in [0.3, 0.4) is 0 Å². The Kier molecular flexibility index (Phi) is 11.5. The third kappa shape index (κ3) is 7.67. The zero-order valence-electron chi connectivity index (χ0n) is 16.4. The molecule has 132 valence electrons. The molecule has 0 aliphatic carbocycles. The Morgan fingerprint density at radius 2 is 1.57 bits per heavy atom. The second-order valence-electron chi connectivity index (χ2n) is 6.64. The van der Waals surface area contributed by atoms with E-state index in [1.807, 2.05) is 24.8 Å². The molecule has 2 heteroatoms. The van der Waals surface area contributed by atoms with Crippen molar-refractivity contribution in [2.75, 3.05) is 4.90 Å². The van der Waals surface area contributed by atoms with Gasteiger partial charge in [-0.1, -0.05) is 72.9 Å². The van der Waals surface area contributed by atoms with Crippen LogP contribution in [0.1, 0.15) is 79.2 Å². The number of rotatable bonds is 7. The zero-order valence-corrected chi connectivity index (χ0v) is 16.4. The Balaban J connectivity index is 0.00000149. The van der Waals surface area contributed by atoms with Gasteiger partial charge < -0.3 is 4.90 Å². The molecule has 0 N–H and O–H groups in total. The van der Waals surface area contributed by atoms with Gasteiger partial charge in [0.2, 0.25) is 5.91 Å². The van der Waals surface area contributed by atoms with E-state index in [0.717, 1.165) is 31.4 Å². The number of aryl methyl sites for hydroxylation is 1. The first-order valence-electron chi connectivity index (χ1n) is 9.32. The zero-order chi connectivity index (χ0) is 17.8. The van der Waals surface area contributed by atoms with Crippen LogP contribution in [0.5, 0.6) is 0 Å². The number of amides is 1. The molecule has 2 nitrogen and oxygen atoms in total. The second kappa shape index (κ2) is 12.2. The maximum atomic E-state index is 12.7. The van der Waals surface area contributed by atoms with Crippen LogP contribution in [0.2, 0.25) is 0 Å². The summed E-state index contributed by atoms with van der Waals surface area (Å²) in [6.07, 6.45) is 5.61. The van der Waals surface area contributed by atoms with Crippen LogP contribution in [0, 0.1) is 12.8 Å². The summed E-state index contributed by atoms with van der Waals surface area (Å²) in [5, 5.41) is 0. The average molecular weight is 320 g/mol. The van der Waals surface area contributed by atoms with E-state index in [9.17, 15) is 4.79 Å². The van der Waals surface area contributed by atoms with Crippen molar-refractivity contribution in [3.8, 4) is 0 Å². The van der Waals surface area contributed by atoms with Crippen LogP contribution in [-0.2, 0) is 4.79 Å².